The van der Waals surface area contributed by atoms with Gasteiger partial charge in [-0.25, -0.2) is 13.4 Å². The summed E-state index contributed by atoms with van der Waals surface area (Å²) in [6.45, 7) is 1.05. The monoisotopic (exact) mass is 422 g/mol. The summed E-state index contributed by atoms with van der Waals surface area (Å²) in [7, 11) is -3.58. The molecule has 1 aliphatic rings. The molecule has 10 heteroatoms. The minimum absolute atomic E-state index is 0.215. The van der Waals surface area contributed by atoms with Crippen LogP contribution in [0, 0.1) is 0 Å². The Bertz CT molecular complexity index is 1110. The Labute approximate surface area is 165 Å². The van der Waals surface area contributed by atoms with Gasteiger partial charge in [0.05, 0.1) is 21.6 Å². The molecule has 3 heterocycles. The van der Waals surface area contributed by atoms with E-state index in [1.165, 1.54) is 16.6 Å². The lowest BCUT2D eigenvalue weighted by Crippen LogP contribution is -2.50. The predicted octanol–water partition coefficient (Wildman–Crippen LogP) is 2.49. The molecule has 0 spiro atoms. The number of benzene rings is 1. The van der Waals surface area contributed by atoms with Crippen LogP contribution in [0.15, 0.2) is 46.8 Å². The number of hydrogen-bond donors (Lipinski definition) is 0. The second kappa shape index (κ2) is 7.16. The topological polar surface area (TPSA) is 83.5 Å². The average Bonchev–Trinajstić information content (AvgIpc) is 3.14. The van der Waals surface area contributed by atoms with E-state index in [2.05, 4.69) is 9.97 Å². The number of rotatable bonds is 3. The van der Waals surface area contributed by atoms with Gasteiger partial charge in [0, 0.05) is 26.2 Å². The first-order valence-corrected chi connectivity index (χ1v) is 10.9. The molecule has 0 aliphatic carbocycles. The summed E-state index contributed by atoms with van der Waals surface area (Å²) in [4.78, 5) is 23.0. The van der Waals surface area contributed by atoms with Gasteiger partial charge < -0.3 is 4.90 Å². The Balaban J connectivity index is 1.47. The highest BCUT2D eigenvalue weighted by atomic mass is 35.5. The van der Waals surface area contributed by atoms with Crippen molar-refractivity contribution in [2.24, 2.45) is 0 Å². The van der Waals surface area contributed by atoms with Crippen LogP contribution in [0.5, 0.6) is 0 Å². The number of hydrogen-bond acceptors (Lipinski definition) is 6. The highest BCUT2D eigenvalue weighted by molar-refractivity contribution is 7.91. The van der Waals surface area contributed by atoms with E-state index in [1.54, 1.807) is 17.0 Å². The third-order valence-corrected chi connectivity index (χ3v) is 7.93. The number of nitrogens with zero attached hydrogens (tertiary/aromatic N) is 4. The quantitative estimate of drug-likeness (QED) is 0.647. The number of aromatic nitrogens is 2. The Morgan fingerprint density at radius 1 is 1.04 bits per heavy atom. The number of amides is 1. The molecule has 0 saturated carbocycles. The van der Waals surface area contributed by atoms with Gasteiger partial charge >= 0.3 is 0 Å². The molecule has 0 radical (unpaired) electrons. The molecule has 0 N–H and O–H groups in total. The van der Waals surface area contributed by atoms with Crippen molar-refractivity contribution in [1.29, 1.82) is 0 Å². The molecular formula is C17H15ClN4O3S2. The van der Waals surface area contributed by atoms with Crippen LogP contribution < -0.4 is 0 Å². The minimum atomic E-state index is -3.58. The molecule has 27 heavy (non-hydrogen) atoms. The molecule has 2 aromatic heterocycles. The number of thiophene rings is 1. The number of carbonyl (C=O) groups is 1. The number of fused-ring (bicyclic) bond motifs is 1. The third-order valence-electron chi connectivity index (χ3n) is 4.34. The van der Waals surface area contributed by atoms with Crippen molar-refractivity contribution in [3.63, 3.8) is 0 Å². The lowest BCUT2D eigenvalue weighted by Gasteiger charge is -2.33. The van der Waals surface area contributed by atoms with Gasteiger partial charge in [-0.2, -0.15) is 4.31 Å². The van der Waals surface area contributed by atoms with E-state index in [0.29, 0.717) is 22.9 Å². The van der Waals surface area contributed by atoms with Crippen LogP contribution in [-0.2, 0) is 10.0 Å². The molecule has 7 nitrogen and oxygen atoms in total. The summed E-state index contributed by atoms with van der Waals surface area (Å²) >= 11 is 6.88. The van der Waals surface area contributed by atoms with Crippen molar-refractivity contribution < 1.29 is 13.2 Å². The molecule has 4 rings (SSSR count). The van der Waals surface area contributed by atoms with Crippen molar-refractivity contribution in [1.82, 2.24) is 19.2 Å². The Hall–Kier alpha value is -2.07. The fraction of sp³-hybridized carbons (Fsp3) is 0.235. The van der Waals surface area contributed by atoms with Crippen LogP contribution in [0.1, 0.15) is 10.5 Å². The van der Waals surface area contributed by atoms with Crippen molar-refractivity contribution in [2.45, 2.75) is 4.21 Å². The fourth-order valence-corrected chi connectivity index (χ4v) is 5.98. The van der Waals surface area contributed by atoms with E-state index in [0.717, 1.165) is 16.9 Å². The normalized spacial score (nSPS) is 16.0. The van der Waals surface area contributed by atoms with Crippen LogP contribution in [0.4, 0.5) is 0 Å². The van der Waals surface area contributed by atoms with Crippen LogP contribution in [0.2, 0.25) is 4.34 Å². The molecule has 0 atom stereocenters. The van der Waals surface area contributed by atoms with Crippen molar-refractivity contribution in [2.75, 3.05) is 26.2 Å². The lowest BCUT2D eigenvalue weighted by atomic mass is 10.2. The number of halogens is 1. The molecule has 140 valence electrons. The zero-order chi connectivity index (χ0) is 19.0. The summed E-state index contributed by atoms with van der Waals surface area (Å²) in [5, 5.41) is 0. The van der Waals surface area contributed by atoms with Gasteiger partial charge in [0.15, 0.2) is 0 Å². The standard InChI is InChI=1S/C17H15ClN4O3S2/c18-15-5-6-16(26-15)27(24,25)22-9-7-21(8-10-22)17(23)14-11-19-12-3-1-2-4-13(12)20-14/h1-6,11H,7-10H2. The number of para-hydroxylation sites is 2. The van der Waals surface area contributed by atoms with Crippen molar-refractivity contribution in [3.05, 3.63) is 52.6 Å². The smallest absolute Gasteiger partial charge is 0.274 e. The van der Waals surface area contributed by atoms with Crippen LogP contribution in [0.25, 0.3) is 11.0 Å². The highest BCUT2D eigenvalue weighted by Crippen LogP contribution is 2.28. The highest BCUT2D eigenvalue weighted by Gasteiger charge is 2.31. The SMILES string of the molecule is O=C(c1cnc2ccccc2n1)N1CCN(S(=O)(=O)c2ccc(Cl)s2)CC1. The molecule has 1 fully saturated rings. The number of carbonyl (C=O) groups excluding carboxylic acids is 1. The fourth-order valence-electron chi connectivity index (χ4n) is 2.92. The van der Waals surface area contributed by atoms with Gasteiger partial charge in [-0.05, 0) is 24.3 Å². The first-order valence-electron chi connectivity index (χ1n) is 8.22. The van der Waals surface area contributed by atoms with Crippen molar-refractivity contribution >= 4 is 49.9 Å². The third kappa shape index (κ3) is 3.55. The zero-order valence-electron chi connectivity index (χ0n) is 14.1. The first kappa shape index (κ1) is 18.3. The number of sulfonamides is 1. The van der Waals surface area contributed by atoms with Crippen LogP contribution in [-0.4, -0.2) is 59.7 Å². The van der Waals surface area contributed by atoms with E-state index < -0.39 is 10.0 Å². The summed E-state index contributed by atoms with van der Waals surface area (Å²) in [5.41, 5.74) is 1.63. The van der Waals surface area contributed by atoms with Crippen LogP contribution >= 0.6 is 22.9 Å². The maximum Gasteiger partial charge on any atom is 0.274 e. The molecular weight excluding hydrogens is 408 g/mol. The molecule has 3 aromatic rings. The second-order valence-electron chi connectivity index (χ2n) is 6.00. The van der Waals surface area contributed by atoms with E-state index in [4.69, 9.17) is 11.6 Å². The predicted molar refractivity (Wildman–Crippen MR) is 104 cm³/mol. The summed E-state index contributed by atoms with van der Waals surface area (Å²) in [5.74, 6) is -0.246. The van der Waals surface area contributed by atoms with E-state index >= 15 is 0 Å². The van der Waals surface area contributed by atoms with Gasteiger partial charge in [0.25, 0.3) is 15.9 Å². The molecule has 1 aliphatic heterocycles. The molecule has 1 aromatic carbocycles. The molecule has 0 bridgehead atoms. The Kier molecular flexibility index (Phi) is 4.85. The van der Waals surface area contributed by atoms with E-state index in [1.807, 2.05) is 18.2 Å². The second-order valence-corrected chi connectivity index (χ2v) is 9.88. The van der Waals surface area contributed by atoms with Crippen LogP contribution in [0.3, 0.4) is 0 Å². The minimum Gasteiger partial charge on any atom is -0.335 e. The molecule has 1 amide bonds. The Morgan fingerprint density at radius 3 is 2.41 bits per heavy atom. The van der Waals surface area contributed by atoms with E-state index in [9.17, 15) is 13.2 Å². The molecule has 1 saturated heterocycles. The molecule has 0 unspecified atom stereocenters. The Morgan fingerprint density at radius 2 is 1.74 bits per heavy atom. The summed E-state index contributed by atoms with van der Waals surface area (Å²) in [6.07, 6.45) is 1.46. The summed E-state index contributed by atoms with van der Waals surface area (Å²) < 4.78 is 27.3. The maximum absolute atomic E-state index is 12.7. The van der Waals surface area contributed by atoms with Gasteiger partial charge in [0.2, 0.25) is 0 Å². The first-order chi connectivity index (χ1) is 12.9. The average molecular weight is 423 g/mol. The van der Waals surface area contributed by atoms with Gasteiger partial charge in [0.1, 0.15) is 9.90 Å². The summed E-state index contributed by atoms with van der Waals surface area (Å²) in [6, 6.07) is 10.4. The van der Waals surface area contributed by atoms with Gasteiger partial charge in [-0.1, -0.05) is 23.7 Å². The largest absolute Gasteiger partial charge is 0.335 e. The number of piperazine rings is 1. The van der Waals surface area contributed by atoms with E-state index in [-0.39, 0.29) is 28.9 Å². The van der Waals surface area contributed by atoms with Gasteiger partial charge in [-0.3, -0.25) is 9.78 Å². The van der Waals surface area contributed by atoms with Gasteiger partial charge in [-0.15, -0.1) is 11.3 Å². The van der Waals surface area contributed by atoms with Crippen molar-refractivity contribution in [3.8, 4) is 0 Å². The maximum atomic E-state index is 12.7. The zero-order valence-corrected chi connectivity index (χ0v) is 16.5. The lowest BCUT2D eigenvalue weighted by molar-refractivity contribution is 0.0692.